The molecule has 0 N–H and O–H groups in total. The van der Waals surface area contributed by atoms with E-state index in [1.807, 2.05) is 0 Å². The topological polar surface area (TPSA) is 26.3 Å². The summed E-state index contributed by atoms with van der Waals surface area (Å²) in [5.74, 6) is 1.26. The Labute approximate surface area is 132 Å². The van der Waals surface area contributed by atoms with Crippen molar-refractivity contribution in [1.29, 1.82) is 0 Å². The van der Waals surface area contributed by atoms with E-state index in [1.54, 1.807) is 0 Å². The van der Waals surface area contributed by atoms with Crippen LogP contribution in [0.2, 0.25) is 0 Å². The summed E-state index contributed by atoms with van der Waals surface area (Å²) in [7, 11) is 0. The van der Waals surface area contributed by atoms with Crippen molar-refractivity contribution in [3.05, 3.63) is 0 Å². The summed E-state index contributed by atoms with van der Waals surface area (Å²) in [5, 5.41) is 0. The molecule has 1 saturated heterocycles. The Kier molecular flexibility index (Phi) is 4.93. The van der Waals surface area contributed by atoms with E-state index >= 15 is 0 Å². The van der Waals surface area contributed by atoms with Crippen molar-refractivity contribution < 1.29 is 9.53 Å². The third-order valence-corrected chi connectivity index (χ3v) is 6.85. The van der Waals surface area contributed by atoms with Gasteiger partial charge in [0.05, 0.1) is 6.42 Å². The molecule has 124 valence electrons. The predicted octanol–water partition coefficient (Wildman–Crippen LogP) is 5.60. The van der Waals surface area contributed by atoms with Crippen LogP contribution in [0.25, 0.3) is 0 Å². The Bertz CT molecular complexity index is 400. The number of fused-ring (bicyclic) bond motifs is 3. The summed E-state index contributed by atoms with van der Waals surface area (Å²) in [6.45, 7) is 9.52. The monoisotopic (exact) mass is 296 g/mol. The minimum Gasteiger partial charge on any atom is -0.459 e. The van der Waals surface area contributed by atoms with Crippen molar-refractivity contribution in [2.24, 2.45) is 22.7 Å². The second-order valence-electron chi connectivity index (χ2n) is 8.09. The lowest BCUT2D eigenvalue weighted by Gasteiger charge is -2.60. The molecule has 2 nitrogen and oxygen atoms in total. The van der Waals surface area contributed by atoms with Crippen LogP contribution in [0, 0.1) is 22.7 Å². The van der Waals surface area contributed by atoms with Gasteiger partial charge < -0.3 is 4.74 Å². The van der Waals surface area contributed by atoms with Crippen LogP contribution in [0.4, 0.5) is 0 Å². The lowest BCUT2D eigenvalue weighted by molar-refractivity contribution is -0.170. The summed E-state index contributed by atoms with van der Waals surface area (Å²) in [5.41, 5.74) is 0.608. The van der Waals surface area contributed by atoms with E-state index in [1.165, 1.54) is 25.7 Å². The smallest absolute Gasteiger partial charge is 0.306 e. The van der Waals surface area contributed by atoms with Gasteiger partial charge in [0.1, 0.15) is 5.60 Å². The summed E-state index contributed by atoms with van der Waals surface area (Å²) in [6.07, 6.45) is 7.91. The molecule has 0 bridgehead atoms. The highest BCUT2D eigenvalue weighted by Gasteiger charge is 2.63. The molecular weight excluding hydrogens is 260 g/mol. The van der Waals surface area contributed by atoms with Gasteiger partial charge in [-0.2, -0.15) is 0 Å². The Morgan fingerprint density at radius 2 is 1.76 bits per heavy atom. The average molecular weight is 296 g/mol. The number of hydrogen-bond acceptors (Lipinski definition) is 2. The summed E-state index contributed by atoms with van der Waals surface area (Å²) in [4.78, 5) is 11.9. The molecular formula is C19H36O2. The van der Waals surface area contributed by atoms with Crippen LogP contribution in [-0.4, -0.2) is 11.6 Å². The highest BCUT2D eigenvalue weighted by molar-refractivity contribution is 5.73. The molecule has 2 heteroatoms. The minimum absolute atomic E-state index is 0. The van der Waals surface area contributed by atoms with E-state index in [2.05, 4.69) is 27.7 Å². The van der Waals surface area contributed by atoms with Crippen LogP contribution < -0.4 is 0 Å². The molecule has 4 atom stereocenters. The van der Waals surface area contributed by atoms with Gasteiger partial charge in [0.15, 0.2) is 0 Å². The maximum atomic E-state index is 11.9. The van der Waals surface area contributed by atoms with E-state index in [4.69, 9.17) is 4.74 Å². The number of rotatable bonds is 1. The van der Waals surface area contributed by atoms with Gasteiger partial charge in [-0.25, -0.2) is 0 Å². The molecule has 0 amide bonds. The average Bonchev–Trinajstić information content (AvgIpc) is 2.67. The summed E-state index contributed by atoms with van der Waals surface area (Å²) >= 11 is 0. The molecule has 4 unspecified atom stereocenters. The van der Waals surface area contributed by atoms with Crippen LogP contribution in [0.5, 0.6) is 0 Å². The SMILES string of the molecule is C.C.CCC12CCC3C(C)(C)CCCC3(C)C1CC(=O)O2. The number of carbonyl (C=O) groups excluding carboxylic acids is 1. The zero-order chi connectivity index (χ0) is 13.9. The van der Waals surface area contributed by atoms with Gasteiger partial charge in [0, 0.05) is 5.92 Å². The van der Waals surface area contributed by atoms with Crippen molar-refractivity contribution in [2.75, 3.05) is 0 Å². The van der Waals surface area contributed by atoms with Crippen LogP contribution >= 0.6 is 0 Å². The molecule has 21 heavy (non-hydrogen) atoms. The molecule has 0 aromatic carbocycles. The van der Waals surface area contributed by atoms with Crippen molar-refractivity contribution in [2.45, 2.75) is 93.1 Å². The van der Waals surface area contributed by atoms with Crippen LogP contribution in [-0.2, 0) is 9.53 Å². The maximum Gasteiger partial charge on any atom is 0.306 e. The Hall–Kier alpha value is -0.530. The van der Waals surface area contributed by atoms with Crippen LogP contribution in [0.1, 0.15) is 87.5 Å². The molecule has 2 aliphatic carbocycles. The number of esters is 1. The molecule has 3 aliphatic rings. The van der Waals surface area contributed by atoms with Crippen LogP contribution in [0.3, 0.4) is 0 Å². The third kappa shape index (κ3) is 2.43. The highest BCUT2D eigenvalue weighted by atomic mass is 16.6. The van der Waals surface area contributed by atoms with E-state index in [0.717, 1.165) is 18.8 Å². The fraction of sp³-hybridized carbons (Fsp3) is 0.947. The molecule has 0 radical (unpaired) electrons. The highest BCUT2D eigenvalue weighted by Crippen LogP contribution is 2.65. The quantitative estimate of drug-likeness (QED) is 0.589. The lowest BCUT2D eigenvalue weighted by atomic mass is 9.45. The van der Waals surface area contributed by atoms with Gasteiger partial charge in [-0.05, 0) is 48.9 Å². The Balaban J connectivity index is 0.00000110. The van der Waals surface area contributed by atoms with Gasteiger partial charge in [-0.3, -0.25) is 4.79 Å². The molecule has 0 aromatic heterocycles. The third-order valence-electron chi connectivity index (χ3n) is 6.85. The molecule has 1 heterocycles. The Morgan fingerprint density at radius 1 is 1.10 bits per heavy atom. The first kappa shape index (κ1) is 18.5. The number of hydrogen-bond donors (Lipinski definition) is 0. The second kappa shape index (κ2) is 5.59. The fourth-order valence-corrected chi connectivity index (χ4v) is 5.94. The first-order chi connectivity index (χ1) is 8.84. The second-order valence-corrected chi connectivity index (χ2v) is 8.09. The van der Waals surface area contributed by atoms with Gasteiger partial charge in [0.25, 0.3) is 0 Å². The first-order valence-corrected chi connectivity index (χ1v) is 8.06. The van der Waals surface area contributed by atoms with Crippen LogP contribution in [0.15, 0.2) is 0 Å². The van der Waals surface area contributed by atoms with E-state index in [-0.39, 0.29) is 26.4 Å². The lowest BCUT2D eigenvalue weighted by Crippen LogP contribution is -2.56. The van der Waals surface area contributed by atoms with Crippen molar-refractivity contribution >= 4 is 5.97 Å². The van der Waals surface area contributed by atoms with E-state index in [0.29, 0.717) is 23.2 Å². The van der Waals surface area contributed by atoms with Gasteiger partial charge in [-0.15, -0.1) is 0 Å². The first-order valence-electron chi connectivity index (χ1n) is 8.06. The zero-order valence-electron chi connectivity index (χ0n) is 12.9. The molecule has 2 saturated carbocycles. The summed E-state index contributed by atoms with van der Waals surface area (Å²) < 4.78 is 5.85. The zero-order valence-corrected chi connectivity index (χ0v) is 12.9. The summed E-state index contributed by atoms with van der Waals surface area (Å²) in [6, 6.07) is 0. The van der Waals surface area contributed by atoms with Gasteiger partial charge >= 0.3 is 5.97 Å². The normalized spacial score (nSPS) is 43.7. The molecule has 3 rings (SSSR count). The number of carbonyl (C=O) groups is 1. The molecule has 0 spiro atoms. The minimum atomic E-state index is -0.129. The number of ether oxygens (including phenoxy) is 1. The van der Waals surface area contributed by atoms with Gasteiger partial charge in [0.2, 0.25) is 0 Å². The molecule has 0 aromatic rings. The standard InChI is InChI=1S/C17H28O2.2CH4/c1-5-17-10-7-12-15(2,3)8-6-9-16(12,4)13(17)11-14(18)19-17;;/h12-13H,5-11H2,1-4H3;2*1H4. The molecule has 3 fully saturated rings. The Morgan fingerprint density at radius 3 is 2.38 bits per heavy atom. The van der Waals surface area contributed by atoms with Gasteiger partial charge in [-0.1, -0.05) is 49.0 Å². The van der Waals surface area contributed by atoms with Crippen molar-refractivity contribution in [3.8, 4) is 0 Å². The van der Waals surface area contributed by atoms with E-state index in [9.17, 15) is 4.79 Å². The van der Waals surface area contributed by atoms with Crippen molar-refractivity contribution in [3.63, 3.8) is 0 Å². The maximum absolute atomic E-state index is 11.9. The fourth-order valence-electron chi connectivity index (χ4n) is 5.94. The molecule has 1 aliphatic heterocycles. The van der Waals surface area contributed by atoms with E-state index < -0.39 is 0 Å². The predicted molar refractivity (Wildman–Crippen MR) is 89.1 cm³/mol. The van der Waals surface area contributed by atoms with Crippen molar-refractivity contribution in [1.82, 2.24) is 0 Å². The largest absolute Gasteiger partial charge is 0.459 e.